The van der Waals surface area contributed by atoms with E-state index in [4.69, 9.17) is 23.2 Å². The van der Waals surface area contributed by atoms with E-state index in [1.807, 2.05) is 17.5 Å². The first kappa shape index (κ1) is 13.7. The number of amides is 1. The fraction of sp³-hybridized carbons (Fsp3) is 0. The normalized spacial score (nSPS) is 10.9. The lowest BCUT2D eigenvalue weighted by molar-refractivity contribution is 0.103. The van der Waals surface area contributed by atoms with Crippen LogP contribution in [0.1, 0.15) is 9.67 Å². The zero-order valence-corrected chi connectivity index (χ0v) is 13.0. The van der Waals surface area contributed by atoms with Crippen molar-refractivity contribution in [2.75, 3.05) is 5.32 Å². The zero-order valence-electron chi connectivity index (χ0n) is 9.81. The van der Waals surface area contributed by atoms with E-state index in [1.165, 1.54) is 23.5 Å². The molecule has 3 nitrogen and oxygen atoms in total. The number of halogens is 2. The third-order valence-electron chi connectivity index (χ3n) is 2.64. The van der Waals surface area contributed by atoms with Crippen LogP contribution in [0.3, 0.4) is 0 Å². The molecule has 0 fully saturated rings. The fourth-order valence-electron chi connectivity index (χ4n) is 1.72. The van der Waals surface area contributed by atoms with Crippen molar-refractivity contribution < 1.29 is 9.90 Å². The first-order chi connectivity index (χ1) is 9.54. The first-order valence-electron chi connectivity index (χ1n) is 5.51. The number of fused-ring (bicyclic) bond motifs is 1. The van der Waals surface area contributed by atoms with Crippen molar-refractivity contribution in [1.29, 1.82) is 0 Å². The number of anilines is 1. The van der Waals surface area contributed by atoms with Crippen molar-refractivity contribution in [2.45, 2.75) is 0 Å². The van der Waals surface area contributed by atoms with Crippen LogP contribution in [0.2, 0.25) is 10.0 Å². The van der Waals surface area contributed by atoms with E-state index in [2.05, 4.69) is 5.32 Å². The van der Waals surface area contributed by atoms with Gasteiger partial charge in [0.1, 0.15) is 0 Å². The summed E-state index contributed by atoms with van der Waals surface area (Å²) in [4.78, 5) is 12.7. The molecule has 1 aromatic carbocycles. The smallest absolute Gasteiger partial charge is 0.265 e. The van der Waals surface area contributed by atoms with E-state index >= 15 is 0 Å². The SMILES string of the molecule is O=C(Nc1cc(Cl)cc(Cl)c1O)c1cc2sccc2s1. The number of phenols is 1. The van der Waals surface area contributed by atoms with Crippen LogP contribution in [0.5, 0.6) is 5.75 Å². The lowest BCUT2D eigenvalue weighted by Crippen LogP contribution is -2.10. The summed E-state index contributed by atoms with van der Waals surface area (Å²) >= 11 is 14.6. The van der Waals surface area contributed by atoms with Crippen LogP contribution in [-0.2, 0) is 0 Å². The van der Waals surface area contributed by atoms with E-state index in [-0.39, 0.29) is 22.4 Å². The van der Waals surface area contributed by atoms with E-state index in [9.17, 15) is 9.90 Å². The summed E-state index contributed by atoms with van der Waals surface area (Å²) in [5, 5.41) is 14.9. The molecule has 102 valence electrons. The Kier molecular flexibility index (Phi) is 3.60. The summed E-state index contributed by atoms with van der Waals surface area (Å²) < 4.78 is 2.13. The quantitative estimate of drug-likeness (QED) is 0.626. The maximum absolute atomic E-state index is 12.2. The predicted molar refractivity (Wildman–Crippen MR) is 85.8 cm³/mol. The second-order valence-electron chi connectivity index (χ2n) is 4.00. The van der Waals surface area contributed by atoms with E-state index in [0.29, 0.717) is 9.90 Å². The highest BCUT2D eigenvalue weighted by atomic mass is 35.5. The minimum atomic E-state index is -0.299. The molecule has 3 rings (SSSR count). The summed E-state index contributed by atoms with van der Waals surface area (Å²) in [6.07, 6.45) is 0. The Morgan fingerprint density at radius 1 is 1.20 bits per heavy atom. The molecule has 0 radical (unpaired) electrons. The van der Waals surface area contributed by atoms with Crippen LogP contribution >= 0.6 is 45.9 Å². The van der Waals surface area contributed by atoms with Crippen molar-refractivity contribution in [3.63, 3.8) is 0 Å². The fourth-order valence-corrected chi connectivity index (χ4v) is 4.22. The Morgan fingerprint density at radius 3 is 2.75 bits per heavy atom. The number of hydrogen-bond donors (Lipinski definition) is 2. The lowest BCUT2D eigenvalue weighted by atomic mass is 10.3. The summed E-state index contributed by atoms with van der Waals surface area (Å²) in [6, 6.07) is 6.66. The van der Waals surface area contributed by atoms with Gasteiger partial charge in [0.15, 0.2) is 5.75 Å². The molecule has 7 heteroatoms. The van der Waals surface area contributed by atoms with Gasteiger partial charge in [0.2, 0.25) is 0 Å². The Labute approximate surface area is 132 Å². The van der Waals surface area contributed by atoms with E-state index in [1.54, 1.807) is 11.3 Å². The number of thiophene rings is 2. The van der Waals surface area contributed by atoms with Gasteiger partial charge < -0.3 is 10.4 Å². The molecule has 0 aliphatic rings. The van der Waals surface area contributed by atoms with Crippen LogP contribution < -0.4 is 5.32 Å². The maximum atomic E-state index is 12.2. The molecule has 2 aromatic heterocycles. The van der Waals surface area contributed by atoms with Crippen LogP contribution in [0.4, 0.5) is 5.69 Å². The average Bonchev–Trinajstić information content (AvgIpc) is 2.95. The standard InChI is InChI=1S/C13H7Cl2NO2S2/c14-6-3-7(15)12(17)8(4-6)16-13(18)11-5-10-9(20-11)1-2-19-10/h1-5,17H,(H,16,18). The Balaban J connectivity index is 1.91. The van der Waals surface area contributed by atoms with Gasteiger partial charge in [-0.2, -0.15) is 0 Å². The van der Waals surface area contributed by atoms with Crippen molar-refractivity contribution in [3.05, 3.63) is 44.6 Å². The molecule has 0 aliphatic heterocycles. The van der Waals surface area contributed by atoms with Gasteiger partial charge in [-0.25, -0.2) is 0 Å². The highest BCUT2D eigenvalue weighted by Crippen LogP contribution is 2.36. The van der Waals surface area contributed by atoms with Gasteiger partial charge in [0.05, 0.1) is 15.6 Å². The number of nitrogens with one attached hydrogen (secondary N) is 1. The first-order valence-corrected chi connectivity index (χ1v) is 7.96. The number of carbonyl (C=O) groups is 1. The molecule has 0 unspecified atom stereocenters. The maximum Gasteiger partial charge on any atom is 0.265 e. The van der Waals surface area contributed by atoms with Crippen LogP contribution in [-0.4, -0.2) is 11.0 Å². The van der Waals surface area contributed by atoms with Gasteiger partial charge in [-0.1, -0.05) is 23.2 Å². The lowest BCUT2D eigenvalue weighted by Gasteiger charge is -2.08. The molecule has 20 heavy (non-hydrogen) atoms. The molecule has 0 aliphatic carbocycles. The molecule has 0 saturated carbocycles. The highest BCUT2D eigenvalue weighted by molar-refractivity contribution is 7.27. The van der Waals surface area contributed by atoms with Crippen LogP contribution in [0.25, 0.3) is 9.40 Å². The Morgan fingerprint density at radius 2 is 2.00 bits per heavy atom. The molecule has 2 heterocycles. The summed E-state index contributed by atoms with van der Waals surface area (Å²) in [7, 11) is 0. The van der Waals surface area contributed by atoms with Crippen LogP contribution in [0.15, 0.2) is 29.6 Å². The van der Waals surface area contributed by atoms with Gasteiger partial charge in [-0.3, -0.25) is 4.79 Å². The second-order valence-corrected chi connectivity index (χ2v) is 6.87. The van der Waals surface area contributed by atoms with Gasteiger partial charge >= 0.3 is 0 Å². The number of phenolic OH excluding ortho intramolecular Hbond substituents is 1. The Bertz CT molecular complexity index is 781. The molecule has 2 N–H and O–H groups in total. The molecule has 0 bridgehead atoms. The van der Waals surface area contributed by atoms with Crippen molar-refractivity contribution >= 4 is 66.9 Å². The summed E-state index contributed by atoms with van der Waals surface area (Å²) in [5.41, 5.74) is 0.198. The number of benzene rings is 1. The van der Waals surface area contributed by atoms with E-state index in [0.717, 1.165) is 9.40 Å². The number of aromatic hydroxyl groups is 1. The minimum absolute atomic E-state index is 0.0972. The van der Waals surface area contributed by atoms with Gasteiger partial charge in [-0.15, -0.1) is 22.7 Å². The summed E-state index contributed by atoms with van der Waals surface area (Å²) in [6.45, 7) is 0. The molecule has 0 saturated heterocycles. The van der Waals surface area contributed by atoms with Gasteiger partial charge in [-0.05, 0) is 29.6 Å². The van der Waals surface area contributed by atoms with Crippen LogP contribution in [0, 0.1) is 0 Å². The van der Waals surface area contributed by atoms with Crippen molar-refractivity contribution in [3.8, 4) is 5.75 Å². The second kappa shape index (κ2) is 5.26. The molecular formula is C13H7Cl2NO2S2. The molecule has 1 amide bonds. The predicted octanol–water partition coefficient (Wildman–Crippen LogP) is 5.23. The molecule has 0 atom stereocenters. The number of carbonyl (C=O) groups excluding carboxylic acids is 1. The average molecular weight is 344 g/mol. The van der Waals surface area contributed by atoms with Gasteiger partial charge in [0, 0.05) is 14.4 Å². The summed E-state index contributed by atoms with van der Waals surface area (Å²) in [5.74, 6) is -0.491. The van der Waals surface area contributed by atoms with E-state index < -0.39 is 0 Å². The van der Waals surface area contributed by atoms with Crippen molar-refractivity contribution in [1.82, 2.24) is 0 Å². The minimum Gasteiger partial charge on any atom is -0.504 e. The number of rotatable bonds is 2. The van der Waals surface area contributed by atoms with Crippen molar-refractivity contribution in [2.24, 2.45) is 0 Å². The third kappa shape index (κ3) is 2.50. The molecular weight excluding hydrogens is 337 g/mol. The van der Waals surface area contributed by atoms with Gasteiger partial charge in [0.25, 0.3) is 5.91 Å². The highest BCUT2D eigenvalue weighted by Gasteiger charge is 2.15. The molecule has 3 aromatic rings. The molecule has 0 spiro atoms. The largest absolute Gasteiger partial charge is 0.504 e. The number of hydrogen-bond acceptors (Lipinski definition) is 4. The zero-order chi connectivity index (χ0) is 14.3. The third-order valence-corrected chi connectivity index (χ3v) is 5.24. The topological polar surface area (TPSA) is 49.3 Å². The Hall–Kier alpha value is -1.27. The monoisotopic (exact) mass is 343 g/mol.